The first-order valence-corrected chi connectivity index (χ1v) is 10.9. The zero-order chi connectivity index (χ0) is 19.0. The van der Waals surface area contributed by atoms with E-state index in [0.29, 0.717) is 43.9 Å². The summed E-state index contributed by atoms with van der Waals surface area (Å²) in [7, 11) is -3.41. The SMILES string of the molecule is CC(CN)CNC(=O)CCc1ccc(S(=O)(=O)N2CCCCCC2)cc1. The second-order valence-corrected chi connectivity index (χ2v) is 9.05. The van der Waals surface area contributed by atoms with Crippen LogP contribution in [0.15, 0.2) is 29.2 Å². The molecule has 1 amide bonds. The Bertz CT molecular complexity index is 666. The van der Waals surface area contributed by atoms with Crippen molar-refractivity contribution in [1.29, 1.82) is 0 Å². The smallest absolute Gasteiger partial charge is 0.243 e. The van der Waals surface area contributed by atoms with Gasteiger partial charge in [-0.15, -0.1) is 0 Å². The van der Waals surface area contributed by atoms with Gasteiger partial charge in [-0.05, 0) is 49.4 Å². The lowest BCUT2D eigenvalue weighted by Crippen LogP contribution is -2.32. The molecule has 1 atom stereocenters. The minimum atomic E-state index is -3.41. The Balaban J connectivity index is 1.90. The van der Waals surface area contributed by atoms with Crippen LogP contribution in [0.1, 0.15) is 44.6 Å². The maximum Gasteiger partial charge on any atom is 0.243 e. The van der Waals surface area contributed by atoms with Crippen LogP contribution in [0.2, 0.25) is 0 Å². The van der Waals surface area contributed by atoms with E-state index < -0.39 is 10.0 Å². The summed E-state index contributed by atoms with van der Waals surface area (Å²) < 4.78 is 27.1. The van der Waals surface area contributed by atoms with Crippen molar-refractivity contribution < 1.29 is 13.2 Å². The van der Waals surface area contributed by atoms with Crippen molar-refractivity contribution in [2.45, 2.75) is 50.3 Å². The fourth-order valence-corrected chi connectivity index (χ4v) is 4.49. The molecule has 146 valence electrons. The molecule has 1 aromatic rings. The van der Waals surface area contributed by atoms with E-state index in [1.54, 1.807) is 28.6 Å². The second kappa shape index (κ2) is 10.0. The molecule has 1 aromatic carbocycles. The molecule has 1 fully saturated rings. The molecule has 0 saturated carbocycles. The second-order valence-electron chi connectivity index (χ2n) is 7.11. The fraction of sp³-hybridized carbons (Fsp3) is 0.632. The summed E-state index contributed by atoms with van der Waals surface area (Å²) in [5.41, 5.74) is 6.49. The molecule has 1 heterocycles. The molecule has 1 aliphatic rings. The van der Waals surface area contributed by atoms with Gasteiger partial charge in [-0.1, -0.05) is 31.9 Å². The number of hydrogen-bond acceptors (Lipinski definition) is 4. The van der Waals surface area contributed by atoms with E-state index in [0.717, 1.165) is 31.2 Å². The molecule has 0 bridgehead atoms. The van der Waals surface area contributed by atoms with Crippen LogP contribution in [0.25, 0.3) is 0 Å². The van der Waals surface area contributed by atoms with Gasteiger partial charge in [0.25, 0.3) is 0 Å². The van der Waals surface area contributed by atoms with Crippen LogP contribution >= 0.6 is 0 Å². The Morgan fingerprint density at radius 2 is 1.77 bits per heavy atom. The van der Waals surface area contributed by atoms with Crippen LogP contribution in [0.3, 0.4) is 0 Å². The Morgan fingerprint density at radius 1 is 1.15 bits per heavy atom. The third-order valence-corrected chi connectivity index (χ3v) is 6.73. The maximum atomic E-state index is 12.7. The monoisotopic (exact) mass is 381 g/mol. The van der Waals surface area contributed by atoms with Gasteiger partial charge in [0.2, 0.25) is 15.9 Å². The minimum absolute atomic E-state index is 0.00781. The summed E-state index contributed by atoms with van der Waals surface area (Å²) in [5, 5.41) is 2.87. The fourth-order valence-electron chi connectivity index (χ4n) is 2.98. The van der Waals surface area contributed by atoms with E-state index in [1.807, 2.05) is 6.92 Å². The number of nitrogens with two attached hydrogens (primary N) is 1. The van der Waals surface area contributed by atoms with Gasteiger partial charge in [0.05, 0.1) is 4.90 Å². The van der Waals surface area contributed by atoms with Crippen LogP contribution in [0.4, 0.5) is 0 Å². The zero-order valence-electron chi connectivity index (χ0n) is 15.6. The third-order valence-electron chi connectivity index (χ3n) is 4.82. The summed E-state index contributed by atoms with van der Waals surface area (Å²) in [5.74, 6) is 0.258. The highest BCUT2D eigenvalue weighted by atomic mass is 32.2. The normalized spacial score (nSPS) is 17.5. The molecule has 3 N–H and O–H groups in total. The first-order chi connectivity index (χ1) is 12.4. The van der Waals surface area contributed by atoms with Crippen LogP contribution in [0, 0.1) is 5.92 Å². The topological polar surface area (TPSA) is 92.5 Å². The lowest BCUT2D eigenvalue weighted by atomic mass is 10.1. The Hall–Kier alpha value is -1.44. The highest BCUT2D eigenvalue weighted by Crippen LogP contribution is 2.21. The molecular weight excluding hydrogens is 350 g/mol. The van der Waals surface area contributed by atoms with Crippen molar-refractivity contribution in [2.75, 3.05) is 26.2 Å². The molecule has 2 rings (SSSR count). The van der Waals surface area contributed by atoms with Crippen molar-refractivity contribution in [1.82, 2.24) is 9.62 Å². The van der Waals surface area contributed by atoms with Gasteiger partial charge >= 0.3 is 0 Å². The number of nitrogens with one attached hydrogen (secondary N) is 1. The molecule has 26 heavy (non-hydrogen) atoms. The van der Waals surface area contributed by atoms with Crippen molar-refractivity contribution >= 4 is 15.9 Å². The summed E-state index contributed by atoms with van der Waals surface area (Å²) in [6.07, 6.45) is 5.01. The van der Waals surface area contributed by atoms with Crippen molar-refractivity contribution in [2.24, 2.45) is 11.7 Å². The number of rotatable bonds is 8. The highest BCUT2D eigenvalue weighted by molar-refractivity contribution is 7.89. The first-order valence-electron chi connectivity index (χ1n) is 9.49. The molecule has 1 saturated heterocycles. The number of aryl methyl sites for hydroxylation is 1. The number of carbonyl (C=O) groups is 1. The van der Waals surface area contributed by atoms with Crippen molar-refractivity contribution in [3.63, 3.8) is 0 Å². The molecule has 7 heteroatoms. The van der Waals surface area contributed by atoms with E-state index in [1.165, 1.54) is 0 Å². The maximum absolute atomic E-state index is 12.7. The lowest BCUT2D eigenvalue weighted by molar-refractivity contribution is -0.121. The van der Waals surface area contributed by atoms with E-state index in [-0.39, 0.29) is 11.8 Å². The summed E-state index contributed by atoms with van der Waals surface area (Å²) in [6, 6.07) is 6.93. The molecule has 0 aromatic heterocycles. The molecule has 6 nitrogen and oxygen atoms in total. The minimum Gasteiger partial charge on any atom is -0.356 e. The standard InChI is InChI=1S/C19H31N3O3S/c1-16(14-20)15-21-19(23)11-8-17-6-9-18(10-7-17)26(24,25)22-12-4-2-3-5-13-22/h6-7,9-10,16H,2-5,8,11-15,20H2,1H3,(H,21,23). The molecule has 0 aliphatic carbocycles. The van der Waals surface area contributed by atoms with E-state index in [2.05, 4.69) is 5.32 Å². The summed E-state index contributed by atoms with van der Waals surface area (Å²) >= 11 is 0. The van der Waals surface area contributed by atoms with Gasteiger partial charge in [0.1, 0.15) is 0 Å². The quantitative estimate of drug-likeness (QED) is 0.719. The lowest BCUT2D eigenvalue weighted by Gasteiger charge is -2.20. The number of nitrogens with zero attached hydrogens (tertiary/aromatic N) is 1. The third kappa shape index (κ3) is 6.07. The van der Waals surface area contributed by atoms with Gasteiger partial charge in [-0.2, -0.15) is 4.31 Å². The van der Waals surface area contributed by atoms with Crippen molar-refractivity contribution in [3.05, 3.63) is 29.8 Å². The van der Waals surface area contributed by atoms with Crippen molar-refractivity contribution in [3.8, 4) is 0 Å². The van der Waals surface area contributed by atoms with E-state index in [9.17, 15) is 13.2 Å². The number of benzene rings is 1. The van der Waals surface area contributed by atoms with Gasteiger partial charge in [0.15, 0.2) is 0 Å². The van der Waals surface area contributed by atoms with Crippen LogP contribution in [-0.2, 0) is 21.2 Å². The molecular formula is C19H31N3O3S. The van der Waals surface area contributed by atoms with E-state index in [4.69, 9.17) is 5.73 Å². The highest BCUT2D eigenvalue weighted by Gasteiger charge is 2.24. The Morgan fingerprint density at radius 3 is 2.35 bits per heavy atom. The molecule has 1 aliphatic heterocycles. The van der Waals surface area contributed by atoms with Gasteiger partial charge in [-0.3, -0.25) is 4.79 Å². The summed E-state index contributed by atoms with van der Waals surface area (Å²) in [4.78, 5) is 12.2. The largest absolute Gasteiger partial charge is 0.356 e. The van der Waals surface area contributed by atoms with Gasteiger partial charge in [-0.25, -0.2) is 8.42 Å². The average molecular weight is 382 g/mol. The Labute approximate surface area is 157 Å². The Kier molecular flexibility index (Phi) is 8.06. The average Bonchev–Trinajstić information content (AvgIpc) is 2.94. The predicted octanol–water partition coefficient (Wildman–Crippen LogP) is 1.89. The first kappa shape index (κ1) is 20.9. The van der Waals surface area contributed by atoms with Crippen LogP contribution in [-0.4, -0.2) is 44.8 Å². The number of hydrogen-bond donors (Lipinski definition) is 2. The molecule has 0 radical (unpaired) electrons. The molecule has 0 spiro atoms. The number of carbonyl (C=O) groups excluding carboxylic acids is 1. The zero-order valence-corrected chi connectivity index (χ0v) is 16.4. The molecule has 1 unspecified atom stereocenters. The number of sulfonamides is 1. The summed E-state index contributed by atoms with van der Waals surface area (Å²) in [6.45, 7) is 4.33. The van der Waals surface area contributed by atoms with Crippen LogP contribution < -0.4 is 11.1 Å². The van der Waals surface area contributed by atoms with E-state index >= 15 is 0 Å². The predicted molar refractivity (Wildman–Crippen MR) is 103 cm³/mol. The van der Waals surface area contributed by atoms with Crippen LogP contribution in [0.5, 0.6) is 0 Å². The van der Waals surface area contributed by atoms with Gasteiger partial charge in [0, 0.05) is 26.1 Å². The van der Waals surface area contributed by atoms with Gasteiger partial charge < -0.3 is 11.1 Å². The number of amides is 1.